The van der Waals surface area contributed by atoms with Crippen LogP contribution < -0.4 is 14.8 Å². The van der Waals surface area contributed by atoms with Crippen LogP contribution in [0, 0.1) is 0 Å². The van der Waals surface area contributed by atoms with Gasteiger partial charge in [-0.05, 0) is 67.6 Å². The highest BCUT2D eigenvalue weighted by Crippen LogP contribution is 2.33. The number of amides is 1. The summed E-state index contributed by atoms with van der Waals surface area (Å²) >= 11 is 6.00. The predicted molar refractivity (Wildman–Crippen MR) is 116 cm³/mol. The summed E-state index contributed by atoms with van der Waals surface area (Å²) in [5.74, 6) is 1.63. The average molecular weight is 417 g/mol. The molecule has 0 unspecified atom stereocenters. The minimum absolute atomic E-state index is 0.0476. The molecule has 0 atom stereocenters. The van der Waals surface area contributed by atoms with Crippen molar-refractivity contribution >= 4 is 17.5 Å². The van der Waals surface area contributed by atoms with E-state index in [1.807, 2.05) is 38.1 Å². The van der Waals surface area contributed by atoms with E-state index in [2.05, 4.69) is 22.3 Å². The van der Waals surface area contributed by atoms with Crippen molar-refractivity contribution in [3.63, 3.8) is 0 Å². The molecule has 156 valence electrons. The maximum absolute atomic E-state index is 12.4. The molecule has 0 radical (unpaired) electrons. The molecule has 1 amide bonds. The van der Waals surface area contributed by atoms with Gasteiger partial charge in [0.15, 0.2) is 11.5 Å². The van der Waals surface area contributed by atoms with Crippen molar-refractivity contribution in [2.75, 3.05) is 32.8 Å². The number of carbonyl (C=O) groups excluding carboxylic acids is 1. The highest BCUT2D eigenvalue weighted by Gasteiger charge is 2.21. The van der Waals surface area contributed by atoms with Crippen LogP contribution in [0.2, 0.25) is 5.02 Å². The van der Waals surface area contributed by atoms with Gasteiger partial charge >= 0.3 is 0 Å². The van der Waals surface area contributed by atoms with Gasteiger partial charge in [-0.2, -0.15) is 0 Å². The number of halogens is 1. The summed E-state index contributed by atoms with van der Waals surface area (Å²) in [5.41, 5.74) is 3.60. The molecule has 0 aromatic heterocycles. The monoisotopic (exact) mass is 416 g/mol. The van der Waals surface area contributed by atoms with Crippen molar-refractivity contribution in [1.29, 1.82) is 0 Å². The second-order valence-corrected chi connectivity index (χ2v) is 7.56. The van der Waals surface area contributed by atoms with Gasteiger partial charge in [-0.1, -0.05) is 23.7 Å². The molecule has 5 nitrogen and oxygen atoms in total. The number of ether oxygens (including phenoxy) is 2. The fourth-order valence-electron chi connectivity index (χ4n) is 3.59. The number of hydrogen-bond donors (Lipinski definition) is 1. The summed E-state index contributed by atoms with van der Waals surface area (Å²) in [7, 11) is 0. The second-order valence-electron chi connectivity index (χ2n) is 7.12. The van der Waals surface area contributed by atoms with Crippen molar-refractivity contribution in [3.05, 3.63) is 58.1 Å². The van der Waals surface area contributed by atoms with Crippen LogP contribution in [0.5, 0.6) is 11.5 Å². The van der Waals surface area contributed by atoms with E-state index in [-0.39, 0.29) is 5.91 Å². The molecule has 29 heavy (non-hydrogen) atoms. The first-order valence-corrected chi connectivity index (χ1v) is 10.6. The van der Waals surface area contributed by atoms with E-state index in [0.29, 0.717) is 26.3 Å². The standard InChI is InChI=1S/C23H29ClN2O3/c1-3-28-21-13-18-9-11-26(15-19(18)14-22(21)29-4-2)16-23(27)25-10-8-17-6-5-7-20(24)12-17/h5-7,12-14H,3-4,8-11,15-16H2,1-2H3,(H,25,27). The fourth-order valence-corrected chi connectivity index (χ4v) is 3.80. The van der Waals surface area contributed by atoms with E-state index in [0.717, 1.165) is 48.0 Å². The minimum atomic E-state index is 0.0476. The van der Waals surface area contributed by atoms with Gasteiger partial charge in [0.2, 0.25) is 5.91 Å². The van der Waals surface area contributed by atoms with Gasteiger partial charge in [-0.15, -0.1) is 0 Å². The van der Waals surface area contributed by atoms with Crippen LogP contribution >= 0.6 is 11.6 Å². The predicted octanol–water partition coefficient (Wildman–Crippen LogP) is 3.85. The lowest BCUT2D eigenvalue weighted by molar-refractivity contribution is -0.122. The van der Waals surface area contributed by atoms with E-state index in [4.69, 9.17) is 21.1 Å². The van der Waals surface area contributed by atoms with Gasteiger partial charge in [-0.3, -0.25) is 9.69 Å². The normalized spacial score (nSPS) is 13.6. The summed E-state index contributed by atoms with van der Waals surface area (Å²) in [4.78, 5) is 14.5. The Kier molecular flexibility index (Phi) is 7.78. The van der Waals surface area contributed by atoms with Gasteiger partial charge in [-0.25, -0.2) is 0 Å². The fraction of sp³-hybridized carbons (Fsp3) is 0.435. The van der Waals surface area contributed by atoms with Crippen LogP contribution in [-0.2, 0) is 24.2 Å². The number of nitrogens with zero attached hydrogens (tertiary/aromatic N) is 1. The second kappa shape index (κ2) is 10.5. The molecule has 0 bridgehead atoms. The Morgan fingerprint density at radius 2 is 1.83 bits per heavy atom. The lowest BCUT2D eigenvalue weighted by atomic mass is 9.98. The molecular weight excluding hydrogens is 388 g/mol. The Morgan fingerprint density at radius 1 is 1.10 bits per heavy atom. The zero-order valence-electron chi connectivity index (χ0n) is 17.2. The summed E-state index contributed by atoms with van der Waals surface area (Å²) in [6.45, 7) is 7.74. The number of fused-ring (bicyclic) bond motifs is 1. The highest BCUT2D eigenvalue weighted by atomic mass is 35.5. The molecule has 0 spiro atoms. The SMILES string of the molecule is CCOc1cc2c(cc1OCC)CN(CC(=O)NCCc1cccc(Cl)c1)CC2. The quantitative estimate of drug-likeness (QED) is 0.674. The van der Waals surface area contributed by atoms with Crippen LogP contribution in [0.1, 0.15) is 30.5 Å². The minimum Gasteiger partial charge on any atom is -0.490 e. The molecule has 3 rings (SSSR count). The Labute approximate surface area is 177 Å². The first-order valence-electron chi connectivity index (χ1n) is 10.2. The maximum atomic E-state index is 12.4. The molecular formula is C23H29ClN2O3. The molecule has 6 heteroatoms. The zero-order chi connectivity index (χ0) is 20.6. The average Bonchev–Trinajstić information content (AvgIpc) is 2.69. The molecule has 2 aromatic rings. The largest absolute Gasteiger partial charge is 0.490 e. The van der Waals surface area contributed by atoms with Crippen LogP contribution in [-0.4, -0.2) is 43.7 Å². The van der Waals surface area contributed by atoms with Crippen molar-refractivity contribution in [2.45, 2.75) is 33.2 Å². The van der Waals surface area contributed by atoms with E-state index in [9.17, 15) is 4.79 Å². The number of nitrogens with one attached hydrogen (secondary N) is 1. The first kappa shape index (κ1) is 21.5. The first-order chi connectivity index (χ1) is 14.1. The summed E-state index contributed by atoms with van der Waals surface area (Å²) in [5, 5.41) is 3.73. The van der Waals surface area contributed by atoms with Gasteiger partial charge in [0.25, 0.3) is 0 Å². The molecule has 0 fully saturated rings. The number of hydrogen-bond acceptors (Lipinski definition) is 4. The van der Waals surface area contributed by atoms with Gasteiger partial charge in [0.1, 0.15) is 0 Å². The third-order valence-electron chi connectivity index (χ3n) is 4.95. The lowest BCUT2D eigenvalue weighted by Crippen LogP contribution is -2.40. The Morgan fingerprint density at radius 3 is 2.52 bits per heavy atom. The number of rotatable bonds is 9. The van der Waals surface area contributed by atoms with Gasteiger partial charge in [0.05, 0.1) is 19.8 Å². The van der Waals surface area contributed by atoms with Crippen molar-refractivity contribution in [3.8, 4) is 11.5 Å². The van der Waals surface area contributed by atoms with E-state index >= 15 is 0 Å². The Balaban J connectivity index is 1.53. The maximum Gasteiger partial charge on any atom is 0.234 e. The molecule has 1 heterocycles. The zero-order valence-corrected chi connectivity index (χ0v) is 17.9. The number of benzene rings is 2. The third-order valence-corrected chi connectivity index (χ3v) is 5.18. The Bertz CT molecular complexity index is 841. The smallest absolute Gasteiger partial charge is 0.234 e. The molecule has 0 saturated carbocycles. The molecule has 2 aromatic carbocycles. The van der Waals surface area contributed by atoms with Crippen molar-refractivity contribution < 1.29 is 14.3 Å². The summed E-state index contributed by atoms with van der Waals surface area (Å²) in [6, 6.07) is 11.9. The van der Waals surface area contributed by atoms with Crippen molar-refractivity contribution in [2.24, 2.45) is 0 Å². The van der Waals surface area contributed by atoms with Crippen LogP contribution in [0.3, 0.4) is 0 Å². The molecule has 1 N–H and O–H groups in total. The van der Waals surface area contributed by atoms with Crippen LogP contribution in [0.25, 0.3) is 0 Å². The van der Waals surface area contributed by atoms with E-state index in [1.54, 1.807) is 0 Å². The van der Waals surface area contributed by atoms with E-state index < -0.39 is 0 Å². The topological polar surface area (TPSA) is 50.8 Å². The van der Waals surface area contributed by atoms with Crippen LogP contribution in [0.15, 0.2) is 36.4 Å². The highest BCUT2D eigenvalue weighted by molar-refractivity contribution is 6.30. The third kappa shape index (κ3) is 6.12. The molecule has 1 aliphatic rings. The van der Waals surface area contributed by atoms with Gasteiger partial charge in [0, 0.05) is 24.7 Å². The number of carbonyl (C=O) groups is 1. The molecule has 1 aliphatic heterocycles. The Hall–Kier alpha value is -2.24. The molecule has 0 saturated heterocycles. The summed E-state index contributed by atoms with van der Waals surface area (Å²) < 4.78 is 11.5. The van der Waals surface area contributed by atoms with E-state index in [1.165, 1.54) is 11.1 Å². The molecule has 0 aliphatic carbocycles. The van der Waals surface area contributed by atoms with Crippen molar-refractivity contribution in [1.82, 2.24) is 10.2 Å². The van der Waals surface area contributed by atoms with Crippen LogP contribution in [0.4, 0.5) is 0 Å². The van der Waals surface area contributed by atoms with Gasteiger partial charge < -0.3 is 14.8 Å². The lowest BCUT2D eigenvalue weighted by Gasteiger charge is -2.29. The summed E-state index contributed by atoms with van der Waals surface area (Å²) in [6.07, 6.45) is 1.67.